The van der Waals surface area contributed by atoms with E-state index in [-0.39, 0.29) is 18.2 Å². The third kappa shape index (κ3) is 6.19. The number of primary amides is 1. The van der Waals surface area contributed by atoms with Crippen LogP contribution in [0.25, 0.3) is 22.5 Å². The molecule has 2 amide bonds. The fourth-order valence-corrected chi connectivity index (χ4v) is 5.48. The highest BCUT2D eigenvalue weighted by Gasteiger charge is 2.36. The lowest BCUT2D eigenvalue weighted by Gasteiger charge is -2.35. The topological polar surface area (TPSA) is 157 Å². The van der Waals surface area contributed by atoms with Gasteiger partial charge in [-0.1, -0.05) is 35.9 Å². The summed E-state index contributed by atoms with van der Waals surface area (Å²) in [4.78, 5) is 32.7. The number of hydrogen-bond acceptors (Lipinski definition) is 7. The number of amides is 2. The molecule has 2 aromatic carbocycles. The number of nitrogens with zero attached hydrogens (tertiary/aromatic N) is 5. The number of halogens is 1. The van der Waals surface area contributed by atoms with Crippen LogP contribution in [0.5, 0.6) is 0 Å². The van der Waals surface area contributed by atoms with Crippen LogP contribution in [0.15, 0.2) is 67.0 Å². The van der Waals surface area contributed by atoms with Gasteiger partial charge in [-0.15, -0.1) is 10.2 Å². The number of nitrogens with two attached hydrogens (primary N) is 2. The second-order valence-corrected chi connectivity index (χ2v) is 10.6. The molecule has 5 rings (SSSR count). The van der Waals surface area contributed by atoms with Crippen molar-refractivity contribution < 1.29 is 9.59 Å². The highest BCUT2D eigenvalue weighted by molar-refractivity contribution is 6.30. The minimum absolute atomic E-state index is 0.104. The Bertz CT molecular complexity index is 1440. The van der Waals surface area contributed by atoms with Crippen LogP contribution < -0.4 is 16.4 Å². The molecule has 11 heteroatoms. The summed E-state index contributed by atoms with van der Waals surface area (Å²) in [5.74, 6) is -0.0281. The maximum Gasteiger partial charge on any atom is 0.240 e. The zero-order chi connectivity index (χ0) is 28.1. The number of nitrogens with one attached hydrogen (secondary N) is 1. The van der Waals surface area contributed by atoms with Crippen molar-refractivity contribution in [3.63, 3.8) is 0 Å². The van der Waals surface area contributed by atoms with Crippen molar-refractivity contribution in [2.45, 2.75) is 38.1 Å². The zero-order valence-corrected chi connectivity index (χ0v) is 22.7. The van der Waals surface area contributed by atoms with E-state index >= 15 is 0 Å². The van der Waals surface area contributed by atoms with Crippen molar-refractivity contribution in [2.75, 3.05) is 11.4 Å². The number of benzene rings is 2. The molecule has 0 spiro atoms. The normalized spacial score (nSPS) is 17.8. The van der Waals surface area contributed by atoms with E-state index in [4.69, 9.17) is 23.1 Å². The van der Waals surface area contributed by atoms with Crippen LogP contribution in [-0.4, -0.2) is 50.0 Å². The molecule has 0 unspecified atom stereocenters. The van der Waals surface area contributed by atoms with Gasteiger partial charge in [0.2, 0.25) is 17.6 Å². The van der Waals surface area contributed by atoms with Crippen LogP contribution in [0.2, 0.25) is 5.02 Å². The number of aromatic nitrogens is 5. The molecule has 1 fully saturated rings. The zero-order valence-electron chi connectivity index (χ0n) is 21.9. The molecule has 2 aromatic heterocycles. The lowest BCUT2D eigenvalue weighted by molar-refractivity contribution is -0.127. The number of hydrogen-bond donors (Lipinski definition) is 3. The summed E-state index contributed by atoms with van der Waals surface area (Å²) in [6.45, 7) is 0.618. The van der Waals surface area contributed by atoms with E-state index < -0.39 is 11.9 Å². The molecule has 2 heterocycles. The second kappa shape index (κ2) is 12.4. The molecule has 0 radical (unpaired) electrons. The maximum absolute atomic E-state index is 14.0. The van der Waals surface area contributed by atoms with Gasteiger partial charge in [-0.05, 0) is 84.8 Å². The Balaban J connectivity index is 1.44. The predicted octanol–water partition coefficient (Wildman–Crippen LogP) is 3.78. The van der Waals surface area contributed by atoms with E-state index in [1.54, 1.807) is 41.6 Å². The Labute approximate surface area is 237 Å². The standard InChI is InChI=1S/C29H31ClN8O2/c30-24-14-23(16-33-17-24)20-5-1-18(2-6-20)13-26(27(32)39)38(29(40)22-7-3-19(15-31)4-8-22)25-11-9-21(10-12-25)28-34-36-37-35-28/h1-2,5-6,9-12,14,16-17,19,22,26H,3-4,7-8,13,15,31H2,(H2,32,39)(H,34,35,36,37)/t19?,22?,26-/m0/s1. The molecule has 0 bridgehead atoms. The number of anilines is 1. The first-order valence-corrected chi connectivity index (χ1v) is 13.7. The van der Waals surface area contributed by atoms with Crippen molar-refractivity contribution in [2.24, 2.45) is 23.3 Å². The quantitative estimate of drug-likeness (QED) is 0.282. The molecule has 206 valence electrons. The fraction of sp³-hybridized carbons (Fsp3) is 0.310. The number of pyridine rings is 1. The fourth-order valence-electron chi connectivity index (χ4n) is 5.30. The van der Waals surface area contributed by atoms with Gasteiger partial charge in [-0.3, -0.25) is 19.5 Å². The molecule has 0 saturated heterocycles. The number of aromatic amines is 1. The van der Waals surface area contributed by atoms with E-state index in [0.29, 0.717) is 29.0 Å². The molecular weight excluding hydrogens is 528 g/mol. The van der Waals surface area contributed by atoms with Crippen molar-refractivity contribution >= 4 is 29.1 Å². The minimum Gasteiger partial charge on any atom is -0.368 e. The first-order valence-electron chi connectivity index (χ1n) is 13.3. The molecule has 5 N–H and O–H groups in total. The average molecular weight is 559 g/mol. The van der Waals surface area contributed by atoms with Gasteiger partial charge in [0, 0.05) is 41.5 Å². The molecule has 1 aliphatic rings. The van der Waals surface area contributed by atoms with Gasteiger partial charge in [0.25, 0.3) is 0 Å². The summed E-state index contributed by atoms with van der Waals surface area (Å²) in [5.41, 5.74) is 15.9. The van der Waals surface area contributed by atoms with Crippen LogP contribution in [-0.2, 0) is 16.0 Å². The molecule has 1 aliphatic carbocycles. The van der Waals surface area contributed by atoms with E-state index in [9.17, 15) is 9.59 Å². The van der Waals surface area contributed by atoms with Crippen molar-refractivity contribution in [3.8, 4) is 22.5 Å². The Morgan fingerprint density at radius 1 is 0.975 bits per heavy atom. The van der Waals surface area contributed by atoms with Crippen molar-refractivity contribution in [1.82, 2.24) is 25.6 Å². The van der Waals surface area contributed by atoms with E-state index in [1.807, 2.05) is 30.3 Å². The third-order valence-electron chi connectivity index (χ3n) is 7.58. The molecular formula is C29H31ClN8O2. The Morgan fingerprint density at radius 2 is 1.68 bits per heavy atom. The van der Waals surface area contributed by atoms with Crippen LogP contribution in [0.1, 0.15) is 31.2 Å². The maximum atomic E-state index is 14.0. The summed E-state index contributed by atoms with van der Waals surface area (Å²) < 4.78 is 0. The van der Waals surface area contributed by atoms with Gasteiger partial charge in [0.15, 0.2) is 0 Å². The van der Waals surface area contributed by atoms with Crippen molar-refractivity contribution in [1.29, 1.82) is 0 Å². The van der Waals surface area contributed by atoms with Crippen LogP contribution >= 0.6 is 11.6 Å². The number of H-pyrrole nitrogens is 1. The summed E-state index contributed by atoms with van der Waals surface area (Å²) >= 11 is 6.10. The van der Waals surface area contributed by atoms with Crippen molar-refractivity contribution in [3.05, 3.63) is 77.6 Å². The SMILES string of the molecule is NCC1CCC(C(=O)N(c2ccc(-c3nn[nH]n3)cc2)[C@@H](Cc2ccc(-c3cncc(Cl)c3)cc2)C(N)=O)CC1. The van der Waals surface area contributed by atoms with Gasteiger partial charge in [0.05, 0.1) is 5.02 Å². The monoisotopic (exact) mass is 558 g/mol. The van der Waals surface area contributed by atoms with Crippen LogP contribution in [0.3, 0.4) is 0 Å². The second-order valence-electron chi connectivity index (χ2n) is 10.2. The highest BCUT2D eigenvalue weighted by atomic mass is 35.5. The lowest BCUT2D eigenvalue weighted by atomic mass is 9.81. The molecule has 0 aliphatic heterocycles. The molecule has 4 aromatic rings. The average Bonchev–Trinajstić information content (AvgIpc) is 3.53. The Hall–Kier alpha value is -4.15. The van der Waals surface area contributed by atoms with Gasteiger partial charge >= 0.3 is 0 Å². The highest BCUT2D eigenvalue weighted by Crippen LogP contribution is 2.33. The molecule has 1 saturated carbocycles. The molecule has 40 heavy (non-hydrogen) atoms. The largest absolute Gasteiger partial charge is 0.368 e. The Kier molecular flexibility index (Phi) is 8.47. The lowest BCUT2D eigenvalue weighted by Crippen LogP contribution is -2.52. The van der Waals surface area contributed by atoms with Crippen LogP contribution in [0, 0.1) is 11.8 Å². The van der Waals surface area contributed by atoms with E-state index in [2.05, 4.69) is 25.6 Å². The summed E-state index contributed by atoms with van der Waals surface area (Å²) in [6, 6.07) is 15.9. The molecule has 10 nitrogen and oxygen atoms in total. The summed E-state index contributed by atoms with van der Waals surface area (Å²) in [7, 11) is 0. The van der Waals surface area contributed by atoms with E-state index in [1.165, 1.54) is 0 Å². The summed E-state index contributed by atoms with van der Waals surface area (Å²) in [6.07, 6.45) is 6.82. The Morgan fingerprint density at radius 3 is 2.27 bits per heavy atom. The summed E-state index contributed by atoms with van der Waals surface area (Å²) in [5, 5.41) is 14.6. The predicted molar refractivity (Wildman–Crippen MR) is 153 cm³/mol. The number of carbonyl (C=O) groups excluding carboxylic acids is 2. The number of tetrazole rings is 1. The first kappa shape index (κ1) is 27.4. The van der Waals surface area contributed by atoms with Gasteiger partial charge in [-0.2, -0.15) is 5.21 Å². The molecule has 1 atom stereocenters. The van der Waals surface area contributed by atoms with Gasteiger partial charge in [0.1, 0.15) is 6.04 Å². The van der Waals surface area contributed by atoms with Crippen LogP contribution in [0.4, 0.5) is 5.69 Å². The van der Waals surface area contributed by atoms with E-state index in [0.717, 1.165) is 47.9 Å². The third-order valence-corrected chi connectivity index (χ3v) is 7.78. The van der Waals surface area contributed by atoms with Gasteiger partial charge < -0.3 is 11.5 Å². The number of carbonyl (C=O) groups is 2. The first-order chi connectivity index (χ1) is 19.4. The smallest absolute Gasteiger partial charge is 0.240 e. The minimum atomic E-state index is -0.880. The number of rotatable bonds is 9. The van der Waals surface area contributed by atoms with Gasteiger partial charge in [-0.25, -0.2) is 0 Å².